The van der Waals surface area contributed by atoms with E-state index in [1.807, 2.05) is 53.1 Å². The molecule has 1 saturated heterocycles. The molecule has 6 heteroatoms. The van der Waals surface area contributed by atoms with Crippen molar-refractivity contribution >= 4 is 23.3 Å². The van der Waals surface area contributed by atoms with E-state index in [0.29, 0.717) is 6.04 Å². The molecule has 152 valence electrons. The molecule has 1 N–H and O–H groups in total. The Bertz CT molecular complexity index is 912. The minimum Gasteiger partial charge on any atom is -0.349 e. The Kier molecular flexibility index (Phi) is 6.52. The third-order valence-corrected chi connectivity index (χ3v) is 6.43. The molecule has 29 heavy (non-hydrogen) atoms. The zero-order valence-corrected chi connectivity index (χ0v) is 17.7. The lowest BCUT2D eigenvalue weighted by Crippen LogP contribution is -2.44. The van der Waals surface area contributed by atoms with Crippen LogP contribution in [0.1, 0.15) is 42.2 Å². The van der Waals surface area contributed by atoms with Gasteiger partial charge in [0, 0.05) is 47.7 Å². The first-order valence-corrected chi connectivity index (χ1v) is 11.4. The minimum atomic E-state index is 0.0378. The van der Waals surface area contributed by atoms with Gasteiger partial charge in [0.05, 0.1) is 5.69 Å². The summed E-state index contributed by atoms with van der Waals surface area (Å²) in [5.41, 5.74) is 2.76. The molecule has 1 aliphatic heterocycles. The van der Waals surface area contributed by atoms with Gasteiger partial charge in [-0.15, -0.1) is 11.8 Å². The summed E-state index contributed by atoms with van der Waals surface area (Å²) in [5, 5.41) is 3.20. The number of thioether (sulfide) groups is 1. The maximum atomic E-state index is 12.6. The molecule has 3 heterocycles. The van der Waals surface area contributed by atoms with Crippen LogP contribution in [0.15, 0.2) is 59.8 Å². The molecule has 0 spiro atoms. The summed E-state index contributed by atoms with van der Waals surface area (Å²) in [6, 6.07) is 14.2. The van der Waals surface area contributed by atoms with Crippen molar-refractivity contribution in [2.75, 3.05) is 19.6 Å². The summed E-state index contributed by atoms with van der Waals surface area (Å²) in [7, 11) is 0. The first-order chi connectivity index (χ1) is 14.2. The van der Waals surface area contributed by atoms with Gasteiger partial charge in [-0.3, -0.25) is 4.79 Å². The van der Waals surface area contributed by atoms with Crippen LogP contribution in [-0.2, 0) is 5.75 Å². The van der Waals surface area contributed by atoms with Crippen LogP contribution in [0.2, 0.25) is 0 Å². The third-order valence-electron chi connectivity index (χ3n) is 5.38. The van der Waals surface area contributed by atoms with Gasteiger partial charge in [-0.1, -0.05) is 13.0 Å². The van der Waals surface area contributed by atoms with E-state index >= 15 is 0 Å². The number of nitrogens with one attached hydrogen (secondary N) is 1. The van der Waals surface area contributed by atoms with Crippen LogP contribution < -0.4 is 5.32 Å². The lowest BCUT2D eigenvalue weighted by atomic mass is 10.0. The second kappa shape index (κ2) is 9.46. The van der Waals surface area contributed by atoms with Crippen molar-refractivity contribution in [3.63, 3.8) is 0 Å². The van der Waals surface area contributed by atoms with Gasteiger partial charge < -0.3 is 14.6 Å². The number of nitrogens with zero attached hydrogens (tertiary/aromatic N) is 3. The molecule has 3 aromatic rings. The van der Waals surface area contributed by atoms with Crippen LogP contribution in [-0.4, -0.2) is 45.9 Å². The number of benzene rings is 1. The number of hydrogen-bond acceptors (Lipinski definition) is 4. The second-order valence-electron chi connectivity index (χ2n) is 7.60. The molecule has 0 radical (unpaired) electrons. The van der Waals surface area contributed by atoms with Gasteiger partial charge in [0.25, 0.3) is 5.91 Å². The Morgan fingerprint density at radius 1 is 1.17 bits per heavy atom. The zero-order valence-electron chi connectivity index (χ0n) is 16.9. The highest BCUT2D eigenvalue weighted by atomic mass is 32.2. The van der Waals surface area contributed by atoms with E-state index in [1.54, 1.807) is 11.8 Å². The molecule has 0 aliphatic carbocycles. The number of likely N-dealkylation sites (tertiary alicyclic amines) is 1. The Hall–Kier alpha value is -2.31. The zero-order chi connectivity index (χ0) is 20.1. The van der Waals surface area contributed by atoms with E-state index in [0.717, 1.165) is 60.0 Å². The van der Waals surface area contributed by atoms with Crippen LogP contribution >= 0.6 is 11.8 Å². The maximum Gasteiger partial charge on any atom is 0.251 e. The van der Waals surface area contributed by atoms with Crippen molar-refractivity contribution < 1.29 is 4.79 Å². The topological polar surface area (TPSA) is 49.6 Å². The first kappa shape index (κ1) is 20.0. The summed E-state index contributed by atoms with van der Waals surface area (Å²) in [6.45, 7) is 5.54. The largest absolute Gasteiger partial charge is 0.349 e. The number of rotatable bonds is 7. The van der Waals surface area contributed by atoms with Crippen molar-refractivity contribution in [1.29, 1.82) is 0 Å². The molecule has 1 fully saturated rings. The lowest BCUT2D eigenvalue weighted by molar-refractivity contribution is 0.0911. The van der Waals surface area contributed by atoms with Gasteiger partial charge in [-0.25, -0.2) is 4.98 Å². The van der Waals surface area contributed by atoms with Crippen LogP contribution in [0.25, 0.3) is 5.65 Å². The van der Waals surface area contributed by atoms with E-state index in [2.05, 4.69) is 28.3 Å². The molecule has 1 amide bonds. The van der Waals surface area contributed by atoms with Crippen LogP contribution in [0.3, 0.4) is 0 Å². The minimum absolute atomic E-state index is 0.0378. The van der Waals surface area contributed by atoms with Crippen LogP contribution in [0, 0.1) is 0 Å². The van der Waals surface area contributed by atoms with Gasteiger partial charge in [0.2, 0.25) is 0 Å². The molecular weight excluding hydrogens is 380 g/mol. The number of piperidine rings is 1. The van der Waals surface area contributed by atoms with Gasteiger partial charge in [-0.2, -0.15) is 0 Å². The fraction of sp³-hybridized carbons (Fsp3) is 0.391. The Labute approximate surface area is 176 Å². The van der Waals surface area contributed by atoms with Crippen LogP contribution in [0.4, 0.5) is 0 Å². The Morgan fingerprint density at radius 3 is 2.69 bits per heavy atom. The highest BCUT2D eigenvalue weighted by Crippen LogP contribution is 2.23. The summed E-state index contributed by atoms with van der Waals surface area (Å²) in [4.78, 5) is 20.8. The van der Waals surface area contributed by atoms with E-state index in [1.165, 1.54) is 6.42 Å². The molecule has 0 bridgehead atoms. The molecule has 0 unspecified atom stereocenters. The highest BCUT2D eigenvalue weighted by Gasteiger charge is 2.20. The molecule has 2 aromatic heterocycles. The Balaban J connectivity index is 1.27. The summed E-state index contributed by atoms with van der Waals surface area (Å²) in [5.74, 6) is 0.847. The van der Waals surface area contributed by atoms with Crippen molar-refractivity contribution in [2.45, 2.75) is 42.9 Å². The molecule has 1 aromatic carbocycles. The predicted molar refractivity (Wildman–Crippen MR) is 118 cm³/mol. The number of carbonyl (C=O) groups excluding carboxylic acids is 1. The number of imidazole rings is 1. The van der Waals surface area contributed by atoms with Gasteiger partial charge in [-0.05, 0) is 62.2 Å². The first-order valence-electron chi connectivity index (χ1n) is 10.4. The SMILES string of the molecule is CCCN1CCC(NC(=O)c2ccc(SCc3cn4ccccc4n3)cc2)CC1. The number of pyridine rings is 1. The second-order valence-corrected chi connectivity index (χ2v) is 8.65. The van der Waals surface area contributed by atoms with Gasteiger partial charge in [0.15, 0.2) is 0 Å². The summed E-state index contributed by atoms with van der Waals surface area (Å²) < 4.78 is 2.04. The molecule has 4 rings (SSSR count). The average molecular weight is 409 g/mol. The number of aromatic nitrogens is 2. The Morgan fingerprint density at radius 2 is 1.97 bits per heavy atom. The number of carbonyl (C=O) groups is 1. The normalized spacial score (nSPS) is 15.6. The standard InChI is InChI=1S/C23H28N4OS/c1-2-12-26-14-10-19(11-15-26)25-23(28)18-6-8-21(9-7-18)29-17-20-16-27-13-4-3-5-22(27)24-20/h3-9,13,16,19H,2,10-12,14-15,17H2,1H3,(H,25,28). The van der Waals surface area contributed by atoms with Crippen molar-refractivity contribution in [1.82, 2.24) is 19.6 Å². The maximum absolute atomic E-state index is 12.6. The fourth-order valence-corrected chi connectivity index (χ4v) is 4.58. The molecule has 1 aliphatic rings. The number of fused-ring (bicyclic) bond motifs is 1. The quantitative estimate of drug-likeness (QED) is 0.595. The number of amides is 1. The van der Waals surface area contributed by atoms with E-state index in [-0.39, 0.29) is 5.91 Å². The number of hydrogen-bond donors (Lipinski definition) is 1. The molecule has 5 nitrogen and oxygen atoms in total. The van der Waals surface area contributed by atoms with Gasteiger partial charge in [0.1, 0.15) is 5.65 Å². The third kappa shape index (κ3) is 5.19. The lowest BCUT2D eigenvalue weighted by Gasteiger charge is -2.32. The van der Waals surface area contributed by atoms with Crippen molar-refractivity contribution in [3.8, 4) is 0 Å². The van der Waals surface area contributed by atoms with Crippen molar-refractivity contribution in [3.05, 3.63) is 66.1 Å². The predicted octanol–water partition coefficient (Wildman–Crippen LogP) is 4.23. The van der Waals surface area contributed by atoms with Gasteiger partial charge >= 0.3 is 0 Å². The smallest absolute Gasteiger partial charge is 0.251 e. The summed E-state index contributed by atoms with van der Waals surface area (Å²) in [6.07, 6.45) is 7.35. The van der Waals surface area contributed by atoms with Crippen molar-refractivity contribution in [2.24, 2.45) is 0 Å². The fourth-order valence-electron chi connectivity index (χ4n) is 3.80. The van der Waals surface area contributed by atoms with E-state index < -0.39 is 0 Å². The molecule has 0 atom stereocenters. The molecular formula is C23H28N4OS. The highest BCUT2D eigenvalue weighted by molar-refractivity contribution is 7.98. The monoisotopic (exact) mass is 408 g/mol. The molecule has 0 saturated carbocycles. The van der Waals surface area contributed by atoms with E-state index in [9.17, 15) is 4.79 Å². The summed E-state index contributed by atoms with van der Waals surface area (Å²) >= 11 is 1.74. The average Bonchev–Trinajstić information content (AvgIpc) is 3.17. The van der Waals surface area contributed by atoms with Crippen LogP contribution in [0.5, 0.6) is 0 Å². The van der Waals surface area contributed by atoms with E-state index in [4.69, 9.17) is 0 Å².